The molecule has 0 aliphatic rings. The molecule has 2 aromatic rings. The molecular weight excluding hydrogens is 276 g/mol. The highest BCUT2D eigenvalue weighted by Crippen LogP contribution is 2.30. The number of oxazole rings is 2. The molecule has 0 aromatic carbocycles. The van der Waals surface area contributed by atoms with Crippen molar-refractivity contribution < 1.29 is 8.83 Å². The molecule has 0 fully saturated rings. The van der Waals surface area contributed by atoms with Crippen molar-refractivity contribution in [2.45, 2.75) is 78.1 Å². The summed E-state index contributed by atoms with van der Waals surface area (Å²) in [6, 6.07) is 0. The predicted octanol–water partition coefficient (Wildman–Crippen LogP) is 5.60. The molecule has 2 aromatic heterocycles. The standard InChI is InChI=1S/C18H28N2O2/c1-11(2)17-19-9-15(21-17)13(5)7-8-14(6)16-10-20-18(22-16)12(3)4/h9-14H,7-8H2,1-6H3. The van der Waals surface area contributed by atoms with E-state index in [1.54, 1.807) is 0 Å². The number of nitrogens with zero attached hydrogens (tertiary/aromatic N) is 2. The van der Waals surface area contributed by atoms with Gasteiger partial charge in [0.25, 0.3) is 0 Å². The first-order chi connectivity index (χ1) is 10.4. The zero-order valence-corrected chi connectivity index (χ0v) is 14.6. The summed E-state index contributed by atoms with van der Waals surface area (Å²) >= 11 is 0. The molecule has 0 N–H and O–H groups in total. The van der Waals surface area contributed by atoms with Crippen LogP contribution < -0.4 is 0 Å². The van der Waals surface area contributed by atoms with Crippen molar-refractivity contribution in [2.75, 3.05) is 0 Å². The first-order valence-electron chi connectivity index (χ1n) is 8.29. The molecule has 22 heavy (non-hydrogen) atoms. The molecule has 2 atom stereocenters. The molecule has 0 aliphatic carbocycles. The Kier molecular flexibility index (Phi) is 5.43. The fraction of sp³-hybridized carbons (Fsp3) is 0.667. The predicted molar refractivity (Wildman–Crippen MR) is 87.2 cm³/mol. The van der Waals surface area contributed by atoms with E-state index in [-0.39, 0.29) is 0 Å². The quantitative estimate of drug-likeness (QED) is 0.668. The molecule has 4 nitrogen and oxygen atoms in total. The Labute approximate surface area is 133 Å². The highest BCUT2D eigenvalue weighted by atomic mass is 16.4. The molecule has 0 amide bonds. The SMILES string of the molecule is CC(C)c1ncc(C(C)CCC(C)c2cnc(C(C)C)o2)o1. The first-order valence-corrected chi connectivity index (χ1v) is 8.29. The summed E-state index contributed by atoms with van der Waals surface area (Å²) in [6.45, 7) is 12.8. The topological polar surface area (TPSA) is 52.1 Å². The Balaban J connectivity index is 1.90. The maximum Gasteiger partial charge on any atom is 0.196 e. The van der Waals surface area contributed by atoms with Crippen LogP contribution in [0.1, 0.15) is 101 Å². The van der Waals surface area contributed by atoms with Crippen molar-refractivity contribution in [3.63, 3.8) is 0 Å². The minimum Gasteiger partial charge on any atom is -0.445 e. The molecule has 0 spiro atoms. The van der Waals surface area contributed by atoms with Crippen LogP contribution in [-0.4, -0.2) is 9.97 Å². The zero-order chi connectivity index (χ0) is 16.3. The van der Waals surface area contributed by atoms with Crippen molar-refractivity contribution in [1.82, 2.24) is 9.97 Å². The van der Waals surface area contributed by atoms with Crippen LogP contribution in [0.3, 0.4) is 0 Å². The molecule has 2 unspecified atom stereocenters. The number of hydrogen-bond donors (Lipinski definition) is 0. The molecule has 0 saturated heterocycles. The van der Waals surface area contributed by atoms with Crippen molar-refractivity contribution in [1.29, 1.82) is 0 Å². The van der Waals surface area contributed by atoms with Crippen molar-refractivity contribution in [3.05, 3.63) is 35.7 Å². The summed E-state index contributed by atoms with van der Waals surface area (Å²) in [5.41, 5.74) is 0. The van der Waals surface area contributed by atoms with Crippen molar-refractivity contribution >= 4 is 0 Å². The normalized spacial score (nSPS) is 14.7. The lowest BCUT2D eigenvalue weighted by atomic mass is 9.95. The Morgan fingerprint density at radius 3 is 1.36 bits per heavy atom. The van der Waals surface area contributed by atoms with Crippen molar-refractivity contribution in [3.8, 4) is 0 Å². The van der Waals surface area contributed by atoms with E-state index in [0.29, 0.717) is 23.7 Å². The van der Waals surface area contributed by atoms with Gasteiger partial charge < -0.3 is 8.83 Å². The Morgan fingerprint density at radius 2 is 1.09 bits per heavy atom. The molecular formula is C18H28N2O2. The fourth-order valence-corrected chi connectivity index (χ4v) is 2.38. The molecule has 4 heteroatoms. The number of hydrogen-bond acceptors (Lipinski definition) is 4. The Morgan fingerprint density at radius 1 is 0.727 bits per heavy atom. The third-order valence-corrected chi connectivity index (χ3v) is 4.07. The summed E-state index contributed by atoms with van der Waals surface area (Å²) in [6.07, 6.45) is 5.84. The molecule has 0 bridgehead atoms. The minimum absolute atomic E-state index is 0.337. The van der Waals surface area contributed by atoms with Crippen LogP contribution in [0.5, 0.6) is 0 Å². The summed E-state index contributed by atoms with van der Waals surface area (Å²) in [5, 5.41) is 0. The van der Waals surface area contributed by atoms with Gasteiger partial charge in [-0.15, -0.1) is 0 Å². The molecule has 2 heterocycles. The minimum atomic E-state index is 0.337. The van der Waals surface area contributed by atoms with Gasteiger partial charge in [0.1, 0.15) is 11.5 Å². The maximum absolute atomic E-state index is 5.83. The van der Waals surface area contributed by atoms with Gasteiger partial charge in [0.15, 0.2) is 11.8 Å². The van der Waals surface area contributed by atoms with Crippen LogP contribution in [0.2, 0.25) is 0 Å². The van der Waals surface area contributed by atoms with E-state index in [2.05, 4.69) is 51.5 Å². The van der Waals surface area contributed by atoms with E-state index in [0.717, 1.165) is 36.1 Å². The van der Waals surface area contributed by atoms with Gasteiger partial charge in [-0.1, -0.05) is 41.5 Å². The molecule has 0 aliphatic heterocycles. The zero-order valence-electron chi connectivity index (χ0n) is 14.6. The summed E-state index contributed by atoms with van der Waals surface area (Å²) < 4.78 is 11.7. The maximum atomic E-state index is 5.83. The van der Waals surface area contributed by atoms with Gasteiger partial charge in [-0.3, -0.25) is 0 Å². The molecule has 122 valence electrons. The lowest BCUT2D eigenvalue weighted by Crippen LogP contribution is -1.97. The number of rotatable bonds is 7. The van der Waals surface area contributed by atoms with Crippen molar-refractivity contribution in [2.24, 2.45) is 0 Å². The lowest BCUT2D eigenvalue weighted by Gasteiger charge is -2.12. The van der Waals surface area contributed by atoms with Crippen LogP contribution in [0, 0.1) is 0 Å². The first kappa shape index (κ1) is 16.8. The highest BCUT2D eigenvalue weighted by Gasteiger charge is 2.18. The monoisotopic (exact) mass is 304 g/mol. The summed E-state index contributed by atoms with van der Waals surface area (Å²) in [4.78, 5) is 8.70. The second kappa shape index (κ2) is 7.12. The van der Waals surface area contributed by atoms with Gasteiger partial charge in [-0.25, -0.2) is 9.97 Å². The van der Waals surface area contributed by atoms with E-state index in [4.69, 9.17) is 8.83 Å². The van der Waals surface area contributed by atoms with Crippen LogP contribution in [-0.2, 0) is 0 Å². The van der Waals surface area contributed by atoms with Crippen LogP contribution in [0.4, 0.5) is 0 Å². The average molecular weight is 304 g/mol. The Hall–Kier alpha value is -1.58. The molecule has 2 rings (SSSR count). The van der Waals surface area contributed by atoms with E-state index in [1.165, 1.54) is 0 Å². The van der Waals surface area contributed by atoms with Crippen LogP contribution in [0.25, 0.3) is 0 Å². The summed E-state index contributed by atoms with van der Waals surface area (Å²) in [5.74, 6) is 5.03. The van der Waals surface area contributed by atoms with Crippen LogP contribution >= 0.6 is 0 Å². The van der Waals surface area contributed by atoms with E-state index in [9.17, 15) is 0 Å². The Bertz CT molecular complexity index is 531. The largest absolute Gasteiger partial charge is 0.445 e. The van der Waals surface area contributed by atoms with E-state index in [1.807, 2.05) is 12.4 Å². The fourth-order valence-electron chi connectivity index (χ4n) is 2.38. The van der Waals surface area contributed by atoms with Gasteiger partial charge in [-0.05, 0) is 12.8 Å². The molecule has 0 saturated carbocycles. The average Bonchev–Trinajstić information content (AvgIpc) is 3.12. The third-order valence-electron chi connectivity index (χ3n) is 4.07. The summed E-state index contributed by atoms with van der Waals surface area (Å²) in [7, 11) is 0. The van der Waals surface area contributed by atoms with Gasteiger partial charge >= 0.3 is 0 Å². The van der Waals surface area contributed by atoms with E-state index >= 15 is 0 Å². The van der Waals surface area contributed by atoms with E-state index < -0.39 is 0 Å². The molecule has 0 radical (unpaired) electrons. The second-order valence-corrected chi connectivity index (χ2v) is 6.89. The van der Waals surface area contributed by atoms with Gasteiger partial charge in [0.2, 0.25) is 0 Å². The van der Waals surface area contributed by atoms with Gasteiger partial charge in [0.05, 0.1) is 12.4 Å². The highest BCUT2D eigenvalue weighted by molar-refractivity contribution is 5.05. The lowest BCUT2D eigenvalue weighted by molar-refractivity contribution is 0.381. The smallest absolute Gasteiger partial charge is 0.196 e. The third kappa shape index (κ3) is 3.99. The number of aromatic nitrogens is 2. The van der Waals surface area contributed by atoms with Crippen LogP contribution in [0.15, 0.2) is 21.2 Å². The van der Waals surface area contributed by atoms with Gasteiger partial charge in [0, 0.05) is 23.7 Å². The van der Waals surface area contributed by atoms with Gasteiger partial charge in [-0.2, -0.15) is 0 Å². The second-order valence-electron chi connectivity index (χ2n) is 6.89.